The number of carbonyl (C=O) groups is 2. The number of likely N-dealkylation sites (tertiary alicyclic amines) is 1. The molecule has 8 nitrogen and oxygen atoms in total. The van der Waals surface area contributed by atoms with Crippen molar-refractivity contribution in [3.63, 3.8) is 0 Å². The molecule has 154 valence electrons. The molecule has 1 aromatic carbocycles. The second kappa shape index (κ2) is 9.45. The summed E-state index contributed by atoms with van der Waals surface area (Å²) in [7, 11) is 0. The van der Waals surface area contributed by atoms with Crippen LogP contribution < -0.4 is 5.56 Å². The number of ether oxygens (including phenoxy) is 1. The fraction of sp³-hybridized carbons (Fsp3) is 0.476. The normalized spacial score (nSPS) is 16.5. The molecule has 1 unspecified atom stereocenters. The molecular weight excluding hydrogens is 372 g/mol. The molecule has 8 heteroatoms. The monoisotopic (exact) mass is 398 g/mol. The van der Waals surface area contributed by atoms with Crippen molar-refractivity contribution in [1.82, 2.24) is 20.1 Å². The number of benzene rings is 1. The minimum absolute atomic E-state index is 0.0945. The molecule has 2 heterocycles. The fourth-order valence-corrected chi connectivity index (χ4v) is 3.49. The molecule has 0 radical (unpaired) electrons. The molecule has 0 saturated carbocycles. The van der Waals surface area contributed by atoms with Gasteiger partial charge in [0.1, 0.15) is 5.69 Å². The average molecular weight is 398 g/mol. The maximum Gasteiger partial charge on any atom is 0.310 e. The van der Waals surface area contributed by atoms with E-state index < -0.39 is 0 Å². The van der Waals surface area contributed by atoms with E-state index in [1.165, 1.54) is 0 Å². The average Bonchev–Trinajstić information content (AvgIpc) is 2.73. The Morgan fingerprint density at radius 3 is 2.86 bits per heavy atom. The number of rotatable bonds is 6. The highest BCUT2D eigenvalue weighted by Gasteiger charge is 2.29. The van der Waals surface area contributed by atoms with Gasteiger partial charge in [0.2, 0.25) is 5.91 Å². The van der Waals surface area contributed by atoms with Gasteiger partial charge in [0, 0.05) is 31.5 Å². The number of amides is 1. The van der Waals surface area contributed by atoms with Gasteiger partial charge in [-0.15, -0.1) is 10.2 Å². The molecule has 3 rings (SSSR count). The quantitative estimate of drug-likeness (QED) is 0.745. The predicted octanol–water partition coefficient (Wildman–Crippen LogP) is 1.87. The van der Waals surface area contributed by atoms with E-state index in [1.807, 2.05) is 31.2 Å². The number of aryl methyl sites for hydroxylation is 2. The van der Waals surface area contributed by atoms with Crippen molar-refractivity contribution >= 4 is 11.9 Å². The van der Waals surface area contributed by atoms with Gasteiger partial charge in [-0.1, -0.05) is 23.8 Å². The van der Waals surface area contributed by atoms with Gasteiger partial charge in [-0.3, -0.25) is 14.4 Å². The molecule has 1 N–H and O–H groups in total. The SMILES string of the molecule is CCOC(=O)C1CCCN(C(=O)CCc2nnc(-c3cccc(C)c3)[nH]c2=O)C1. The van der Waals surface area contributed by atoms with E-state index in [0.717, 1.165) is 24.0 Å². The summed E-state index contributed by atoms with van der Waals surface area (Å²) in [5, 5.41) is 8.14. The van der Waals surface area contributed by atoms with Gasteiger partial charge in [0.15, 0.2) is 5.82 Å². The smallest absolute Gasteiger partial charge is 0.310 e. The Morgan fingerprint density at radius 2 is 2.14 bits per heavy atom. The van der Waals surface area contributed by atoms with Crippen LogP contribution in [0.2, 0.25) is 0 Å². The highest BCUT2D eigenvalue weighted by molar-refractivity contribution is 5.78. The first kappa shape index (κ1) is 20.7. The molecule has 29 heavy (non-hydrogen) atoms. The van der Waals surface area contributed by atoms with E-state index in [0.29, 0.717) is 25.5 Å². The summed E-state index contributed by atoms with van der Waals surface area (Å²) >= 11 is 0. The van der Waals surface area contributed by atoms with Crippen LogP contribution in [0.15, 0.2) is 29.1 Å². The van der Waals surface area contributed by atoms with Crippen LogP contribution in [0.5, 0.6) is 0 Å². The van der Waals surface area contributed by atoms with Crippen LogP contribution in [-0.2, 0) is 20.7 Å². The lowest BCUT2D eigenvalue weighted by Gasteiger charge is -2.31. The van der Waals surface area contributed by atoms with Crippen LogP contribution in [0.4, 0.5) is 0 Å². The van der Waals surface area contributed by atoms with Gasteiger partial charge in [-0.05, 0) is 32.8 Å². The zero-order valence-corrected chi connectivity index (χ0v) is 16.8. The molecule has 1 saturated heterocycles. The summed E-state index contributed by atoms with van der Waals surface area (Å²) in [6, 6.07) is 7.62. The van der Waals surface area contributed by atoms with Crippen molar-refractivity contribution < 1.29 is 14.3 Å². The zero-order valence-electron chi connectivity index (χ0n) is 16.8. The first-order chi connectivity index (χ1) is 14.0. The van der Waals surface area contributed by atoms with Crippen LogP contribution >= 0.6 is 0 Å². The van der Waals surface area contributed by atoms with Crippen molar-refractivity contribution in [3.05, 3.63) is 45.9 Å². The standard InChI is InChI=1S/C21H26N4O4/c1-3-29-21(28)16-8-5-11-25(13-16)18(26)10-9-17-20(27)22-19(24-23-17)15-7-4-6-14(2)12-15/h4,6-7,12,16H,3,5,8-11,13H2,1-2H3,(H,22,24,27). The number of hydrogen-bond acceptors (Lipinski definition) is 6. The van der Waals surface area contributed by atoms with Crippen molar-refractivity contribution in [2.75, 3.05) is 19.7 Å². The number of hydrogen-bond donors (Lipinski definition) is 1. The number of nitrogens with zero attached hydrogens (tertiary/aromatic N) is 3. The number of aromatic nitrogens is 3. The molecule has 1 atom stereocenters. The Morgan fingerprint density at radius 1 is 1.31 bits per heavy atom. The number of aromatic amines is 1. The molecule has 1 fully saturated rings. The van der Waals surface area contributed by atoms with E-state index in [2.05, 4.69) is 15.2 Å². The third kappa shape index (κ3) is 5.28. The molecule has 0 aliphatic carbocycles. The zero-order chi connectivity index (χ0) is 20.8. The van der Waals surface area contributed by atoms with E-state index in [-0.39, 0.29) is 41.9 Å². The summed E-state index contributed by atoms with van der Waals surface area (Å²) < 4.78 is 5.07. The number of piperidine rings is 1. The molecule has 1 aliphatic rings. The van der Waals surface area contributed by atoms with Crippen LogP contribution in [0.1, 0.15) is 37.4 Å². The van der Waals surface area contributed by atoms with E-state index in [1.54, 1.807) is 11.8 Å². The molecule has 1 aliphatic heterocycles. The highest BCUT2D eigenvalue weighted by atomic mass is 16.5. The second-order valence-electron chi connectivity index (χ2n) is 7.25. The van der Waals surface area contributed by atoms with Gasteiger partial charge in [-0.25, -0.2) is 0 Å². The Bertz CT molecular complexity index is 940. The Balaban J connectivity index is 1.60. The van der Waals surface area contributed by atoms with E-state index >= 15 is 0 Å². The molecular formula is C21H26N4O4. The highest BCUT2D eigenvalue weighted by Crippen LogP contribution is 2.19. The van der Waals surface area contributed by atoms with Crippen LogP contribution in [0, 0.1) is 12.8 Å². The topological polar surface area (TPSA) is 105 Å². The van der Waals surface area contributed by atoms with E-state index in [9.17, 15) is 14.4 Å². The summed E-state index contributed by atoms with van der Waals surface area (Å²) in [5.41, 5.74) is 1.74. The molecule has 0 spiro atoms. The fourth-order valence-electron chi connectivity index (χ4n) is 3.49. The number of H-pyrrole nitrogens is 1. The lowest BCUT2D eigenvalue weighted by Crippen LogP contribution is -2.43. The third-order valence-corrected chi connectivity index (χ3v) is 5.03. The van der Waals surface area contributed by atoms with Crippen LogP contribution in [-0.4, -0.2) is 51.7 Å². The van der Waals surface area contributed by atoms with Crippen LogP contribution in [0.25, 0.3) is 11.4 Å². The minimum atomic E-state index is -0.340. The Hall–Kier alpha value is -3.03. The first-order valence-corrected chi connectivity index (χ1v) is 9.95. The Labute approximate surface area is 169 Å². The van der Waals surface area contributed by atoms with Gasteiger partial charge >= 0.3 is 5.97 Å². The van der Waals surface area contributed by atoms with Crippen molar-refractivity contribution in [2.24, 2.45) is 5.92 Å². The molecule has 1 aromatic heterocycles. The summed E-state index contributed by atoms with van der Waals surface area (Å²) in [6.07, 6.45) is 1.85. The third-order valence-electron chi connectivity index (χ3n) is 5.03. The van der Waals surface area contributed by atoms with Gasteiger partial charge in [0.05, 0.1) is 12.5 Å². The van der Waals surface area contributed by atoms with Gasteiger partial charge < -0.3 is 14.6 Å². The summed E-state index contributed by atoms with van der Waals surface area (Å²) in [4.78, 5) is 41.3. The Kier molecular flexibility index (Phi) is 6.74. The van der Waals surface area contributed by atoms with Gasteiger partial charge in [0.25, 0.3) is 5.56 Å². The predicted molar refractivity (Wildman–Crippen MR) is 107 cm³/mol. The largest absolute Gasteiger partial charge is 0.466 e. The number of carbonyl (C=O) groups excluding carboxylic acids is 2. The van der Waals surface area contributed by atoms with Crippen molar-refractivity contribution in [1.29, 1.82) is 0 Å². The lowest BCUT2D eigenvalue weighted by atomic mass is 9.98. The number of esters is 1. The van der Waals surface area contributed by atoms with Crippen LogP contribution in [0.3, 0.4) is 0 Å². The maximum absolute atomic E-state index is 12.5. The maximum atomic E-state index is 12.5. The number of nitrogens with one attached hydrogen (secondary N) is 1. The molecule has 0 bridgehead atoms. The summed E-state index contributed by atoms with van der Waals surface area (Å²) in [6.45, 7) is 5.05. The lowest BCUT2D eigenvalue weighted by molar-refractivity contribution is -0.151. The van der Waals surface area contributed by atoms with Gasteiger partial charge in [-0.2, -0.15) is 0 Å². The molecule has 1 amide bonds. The van der Waals surface area contributed by atoms with E-state index in [4.69, 9.17) is 4.74 Å². The minimum Gasteiger partial charge on any atom is -0.466 e. The van der Waals surface area contributed by atoms with Crippen molar-refractivity contribution in [3.8, 4) is 11.4 Å². The second-order valence-corrected chi connectivity index (χ2v) is 7.25. The first-order valence-electron chi connectivity index (χ1n) is 9.95. The van der Waals surface area contributed by atoms with Crippen molar-refractivity contribution in [2.45, 2.75) is 39.5 Å². The molecule has 2 aromatic rings. The summed E-state index contributed by atoms with van der Waals surface area (Å²) in [5.74, 6) is -0.214.